The molecule has 26 heavy (non-hydrogen) atoms. The molecule has 0 radical (unpaired) electrons. The van der Waals surface area contributed by atoms with Gasteiger partial charge >= 0.3 is 5.97 Å². The quantitative estimate of drug-likeness (QED) is 0.642. The molecule has 1 atom stereocenters. The molecule has 7 heteroatoms. The second-order valence-corrected chi connectivity index (χ2v) is 6.58. The number of hydrogen-bond donors (Lipinski definition) is 3. The Labute approximate surface area is 152 Å². The largest absolute Gasteiger partial charge is 0.480 e. The smallest absolute Gasteiger partial charge is 0.320 e. The van der Waals surface area contributed by atoms with Gasteiger partial charge in [-0.05, 0) is 31.4 Å². The van der Waals surface area contributed by atoms with Crippen LogP contribution in [0.4, 0.5) is 5.82 Å². The molecular weight excluding hydrogens is 332 g/mol. The van der Waals surface area contributed by atoms with Gasteiger partial charge in [-0.3, -0.25) is 14.9 Å². The number of aromatic nitrogens is 2. The molecule has 0 bridgehead atoms. The van der Waals surface area contributed by atoms with Crippen LogP contribution in [0.25, 0.3) is 5.69 Å². The van der Waals surface area contributed by atoms with Crippen LogP contribution in [0.15, 0.2) is 36.4 Å². The molecule has 1 aromatic carbocycles. The summed E-state index contributed by atoms with van der Waals surface area (Å²) in [6.07, 6.45) is 3.46. The number of hydrogen-bond acceptors (Lipinski definition) is 4. The Balaban J connectivity index is 1.70. The number of carboxylic acids is 1. The summed E-state index contributed by atoms with van der Waals surface area (Å²) in [5, 5.41) is 19.5. The topological polar surface area (TPSA) is 96.3 Å². The number of carbonyl (C=O) groups excluding carboxylic acids is 1. The number of aliphatic carboxylic acids is 1. The van der Waals surface area contributed by atoms with Crippen molar-refractivity contribution in [2.75, 3.05) is 11.9 Å². The van der Waals surface area contributed by atoms with Crippen molar-refractivity contribution in [3.05, 3.63) is 42.1 Å². The fraction of sp³-hybridized carbons (Fsp3) is 0.421. The van der Waals surface area contributed by atoms with E-state index in [1.165, 1.54) is 0 Å². The normalized spacial score (nSPS) is 14.8. The van der Waals surface area contributed by atoms with Crippen molar-refractivity contribution >= 4 is 17.7 Å². The highest BCUT2D eigenvalue weighted by atomic mass is 16.4. The predicted molar refractivity (Wildman–Crippen MR) is 98.5 cm³/mol. The molecule has 0 aliphatic heterocycles. The van der Waals surface area contributed by atoms with Crippen molar-refractivity contribution < 1.29 is 14.7 Å². The van der Waals surface area contributed by atoms with Crippen molar-refractivity contribution in [2.45, 2.75) is 44.6 Å². The Morgan fingerprint density at radius 1 is 1.31 bits per heavy atom. The SMILES string of the molecule is CCCC(NCC(=O)Nc1cc(C2CC2)nn1-c1ccccc1)C(=O)O. The van der Waals surface area contributed by atoms with E-state index in [2.05, 4.69) is 15.7 Å². The zero-order chi connectivity index (χ0) is 18.5. The highest BCUT2D eigenvalue weighted by Crippen LogP contribution is 2.40. The van der Waals surface area contributed by atoms with Crippen LogP contribution in [0.1, 0.15) is 44.2 Å². The molecule has 1 aliphatic rings. The number of anilines is 1. The number of carbonyl (C=O) groups is 2. The zero-order valence-corrected chi connectivity index (χ0v) is 14.8. The number of rotatable bonds is 9. The second kappa shape index (κ2) is 8.14. The lowest BCUT2D eigenvalue weighted by Crippen LogP contribution is -2.41. The molecule has 138 valence electrons. The van der Waals surface area contributed by atoms with Crippen molar-refractivity contribution in [2.24, 2.45) is 0 Å². The third kappa shape index (κ3) is 4.49. The number of amides is 1. The average molecular weight is 356 g/mol. The first kappa shape index (κ1) is 18.1. The summed E-state index contributed by atoms with van der Waals surface area (Å²) in [6, 6.07) is 10.8. The van der Waals surface area contributed by atoms with Crippen LogP contribution < -0.4 is 10.6 Å². The van der Waals surface area contributed by atoms with E-state index in [0.29, 0.717) is 18.2 Å². The third-order valence-electron chi connectivity index (χ3n) is 4.38. The van der Waals surface area contributed by atoms with E-state index in [-0.39, 0.29) is 12.5 Å². The number of carboxylic acid groups (broad SMARTS) is 1. The first-order valence-electron chi connectivity index (χ1n) is 9.00. The third-order valence-corrected chi connectivity index (χ3v) is 4.38. The highest BCUT2D eigenvalue weighted by Gasteiger charge is 2.28. The summed E-state index contributed by atoms with van der Waals surface area (Å²) >= 11 is 0. The summed E-state index contributed by atoms with van der Waals surface area (Å²) in [5.41, 5.74) is 1.85. The first-order chi connectivity index (χ1) is 12.6. The molecule has 3 rings (SSSR count). The van der Waals surface area contributed by atoms with Gasteiger partial charge in [0, 0.05) is 12.0 Å². The number of para-hydroxylation sites is 1. The fourth-order valence-corrected chi connectivity index (χ4v) is 2.84. The van der Waals surface area contributed by atoms with Crippen LogP contribution >= 0.6 is 0 Å². The Hall–Kier alpha value is -2.67. The van der Waals surface area contributed by atoms with E-state index in [9.17, 15) is 9.59 Å². The molecule has 1 saturated carbocycles. The summed E-state index contributed by atoms with van der Waals surface area (Å²) in [7, 11) is 0. The number of benzene rings is 1. The van der Waals surface area contributed by atoms with Crippen LogP contribution in [0, 0.1) is 0 Å². The molecule has 0 spiro atoms. The molecule has 2 aromatic rings. The van der Waals surface area contributed by atoms with Gasteiger partial charge in [-0.2, -0.15) is 5.10 Å². The Morgan fingerprint density at radius 2 is 2.04 bits per heavy atom. The minimum absolute atomic E-state index is 0.0598. The van der Waals surface area contributed by atoms with Gasteiger partial charge in [-0.25, -0.2) is 4.68 Å². The van der Waals surface area contributed by atoms with Gasteiger partial charge < -0.3 is 10.4 Å². The van der Waals surface area contributed by atoms with Crippen LogP contribution in [0.5, 0.6) is 0 Å². The second-order valence-electron chi connectivity index (χ2n) is 6.58. The van der Waals surface area contributed by atoms with Crippen LogP contribution in [-0.4, -0.2) is 39.4 Å². The van der Waals surface area contributed by atoms with Crippen LogP contribution in [-0.2, 0) is 9.59 Å². The standard InChI is InChI=1S/C19H24N4O3/c1-2-6-15(19(25)26)20-12-18(24)21-17-11-16(13-9-10-13)22-23(17)14-7-4-3-5-8-14/h3-5,7-8,11,13,15,20H,2,6,9-10,12H2,1H3,(H,21,24)(H,25,26). The maximum Gasteiger partial charge on any atom is 0.320 e. The van der Waals surface area contributed by atoms with Crippen LogP contribution in [0.3, 0.4) is 0 Å². The maximum absolute atomic E-state index is 12.3. The highest BCUT2D eigenvalue weighted by molar-refractivity contribution is 5.92. The molecule has 7 nitrogen and oxygen atoms in total. The van der Waals surface area contributed by atoms with E-state index in [1.807, 2.05) is 43.3 Å². The molecule has 0 saturated heterocycles. The lowest BCUT2D eigenvalue weighted by atomic mass is 10.2. The van der Waals surface area contributed by atoms with E-state index in [4.69, 9.17) is 5.11 Å². The maximum atomic E-state index is 12.3. The Kier molecular flexibility index (Phi) is 5.68. The van der Waals surface area contributed by atoms with Gasteiger partial charge in [0.05, 0.1) is 17.9 Å². The van der Waals surface area contributed by atoms with E-state index >= 15 is 0 Å². The van der Waals surface area contributed by atoms with E-state index in [0.717, 1.165) is 30.6 Å². The summed E-state index contributed by atoms with van der Waals surface area (Å²) in [4.78, 5) is 23.5. The molecule has 1 heterocycles. The van der Waals surface area contributed by atoms with Crippen molar-refractivity contribution in [1.29, 1.82) is 0 Å². The van der Waals surface area contributed by atoms with Gasteiger partial charge in [-0.15, -0.1) is 0 Å². The minimum atomic E-state index is -0.940. The molecule has 1 fully saturated rings. The fourth-order valence-electron chi connectivity index (χ4n) is 2.84. The van der Waals surface area contributed by atoms with E-state index < -0.39 is 12.0 Å². The first-order valence-corrected chi connectivity index (χ1v) is 9.00. The number of nitrogens with one attached hydrogen (secondary N) is 2. The van der Waals surface area contributed by atoms with Gasteiger partial charge in [0.25, 0.3) is 0 Å². The van der Waals surface area contributed by atoms with Gasteiger partial charge in [0.1, 0.15) is 11.9 Å². The average Bonchev–Trinajstić information content (AvgIpc) is 3.40. The summed E-state index contributed by atoms with van der Waals surface area (Å²) in [6.45, 7) is 1.85. The van der Waals surface area contributed by atoms with Gasteiger partial charge in [0.2, 0.25) is 5.91 Å². The number of nitrogens with zero attached hydrogens (tertiary/aromatic N) is 2. The molecule has 1 aliphatic carbocycles. The van der Waals surface area contributed by atoms with Gasteiger partial charge in [0.15, 0.2) is 0 Å². The lowest BCUT2D eigenvalue weighted by molar-refractivity contribution is -0.139. The van der Waals surface area contributed by atoms with Gasteiger partial charge in [-0.1, -0.05) is 31.5 Å². The Morgan fingerprint density at radius 3 is 2.65 bits per heavy atom. The minimum Gasteiger partial charge on any atom is -0.480 e. The summed E-state index contributed by atoms with van der Waals surface area (Å²) < 4.78 is 1.73. The van der Waals surface area contributed by atoms with Crippen LogP contribution in [0.2, 0.25) is 0 Å². The Bertz CT molecular complexity index is 768. The molecule has 1 unspecified atom stereocenters. The molecule has 1 amide bonds. The van der Waals surface area contributed by atoms with Crippen molar-refractivity contribution in [1.82, 2.24) is 15.1 Å². The van der Waals surface area contributed by atoms with E-state index in [1.54, 1.807) is 4.68 Å². The molecule has 1 aromatic heterocycles. The molecular formula is C19H24N4O3. The lowest BCUT2D eigenvalue weighted by Gasteiger charge is -2.13. The van der Waals surface area contributed by atoms with Crippen molar-refractivity contribution in [3.8, 4) is 5.69 Å². The molecule has 3 N–H and O–H groups in total. The van der Waals surface area contributed by atoms with Crippen molar-refractivity contribution in [3.63, 3.8) is 0 Å². The monoisotopic (exact) mass is 356 g/mol. The predicted octanol–water partition coefficient (Wildman–Crippen LogP) is 2.53. The summed E-state index contributed by atoms with van der Waals surface area (Å²) in [5.74, 6) is -0.154. The zero-order valence-electron chi connectivity index (χ0n) is 14.8.